The van der Waals surface area contributed by atoms with E-state index in [0.29, 0.717) is 17.4 Å². The highest BCUT2D eigenvalue weighted by atomic mass is 35.5. The third-order valence-electron chi connectivity index (χ3n) is 5.63. The van der Waals surface area contributed by atoms with Crippen molar-refractivity contribution in [3.05, 3.63) is 58.2 Å². The van der Waals surface area contributed by atoms with E-state index in [-0.39, 0.29) is 30.3 Å². The minimum absolute atomic E-state index is 0.0267. The Hall–Kier alpha value is -2.44. The van der Waals surface area contributed by atoms with Gasteiger partial charge in [-0.3, -0.25) is 14.5 Å². The summed E-state index contributed by atoms with van der Waals surface area (Å²) in [6.07, 6.45) is 3.19. The lowest BCUT2D eigenvalue weighted by atomic mass is 9.97. The molecule has 2 N–H and O–H groups in total. The molecule has 3 rings (SSSR count). The summed E-state index contributed by atoms with van der Waals surface area (Å²) in [4.78, 5) is 31.3. The normalized spacial score (nSPS) is 17.9. The van der Waals surface area contributed by atoms with Gasteiger partial charge in [-0.25, -0.2) is 4.98 Å². The van der Waals surface area contributed by atoms with Crippen molar-refractivity contribution in [2.24, 2.45) is 5.92 Å². The zero-order chi connectivity index (χ0) is 21.7. The first-order valence-corrected chi connectivity index (χ1v) is 10.7. The monoisotopic (exact) mass is 428 g/mol. The molecule has 1 aliphatic rings. The summed E-state index contributed by atoms with van der Waals surface area (Å²) in [7, 11) is 0. The van der Waals surface area contributed by atoms with Gasteiger partial charge in [0.05, 0.1) is 23.5 Å². The zero-order valence-electron chi connectivity index (χ0n) is 17.7. The van der Waals surface area contributed by atoms with Crippen molar-refractivity contribution in [3.63, 3.8) is 0 Å². The van der Waals surface area contributed by atoms with E-state index in [1.165, 1.54) is 17.3 Å². The number of carbonyl (C=O) groups is 2. The number of aryl methyl sites for hydroxylation is 2. The number of pyridine rings is 1. The molecule has 1 aromatic heterocycles. The van der Waals surface area contributed by atoms with Gasteiger partial charge in [-0.2, -0.15) is 0 Å². The Kier molecular flexibility index (Phi) is 7.45. The lowest BCUT2D eigenvalue weighted by Crippen LogP contribution is -2.45. The van der Waals surface area contributed by atoms with Crippen molar-refractivity contribution in [2.75, 3.05) is 25.0 Å². The smallest absolute Gasteiger partial charge is 0.234 e. The van der Waals surface area contributed by atoms with Gasteiger partial charge in [0.15, 0.2) is 0 Å². The topological polar surface area (TPSA) is 74.3 Å². The molecule has 0 saturated carbocycles. The highest BCUT2D eigenvalue weighted by Crippen LogP contribution is 2.20. The molecule has 2 aromatic rings. The van der Waals surface area contributed by atoms with Crippen LogP contribution < -0.4 is 10.6 Å². The average molecular weight is 429 g/mol. The number of benzene rings is 1. The molecule has 1 aliphatic heterocycles. The van der Waals surface area contributed by atoms with Gasteiger partial charge in [-0.05, 0) is 69.0 Å². The number of hydrogen-bond acceptors (Lipinski definition) is 4. The third-order valence-corrected chi connectivity index (χ3v) is 5.85. The summed E-state index contributed by atoms with van der Waals surface area (Å²) >= 11 is 5.83. The SMILES string of the molecule is Cc1ccc(C(C)NC(=O)CN2CCCC(C(=O)Nc3ccc(Cl)cn3)C2)cc1C. The second kappa shape index (κ2) is 10.0. The molecule has 1 fully saturated rings. The van der Waals surface area contributed by atoms with E-state index in [4.69, 9.17) is 11.6 Å². The molecule has 0 spiro atoms. The van der Waals surface area contributed by atoms with E-state index >= 15 is 0 Å². The van der Waals surface area contributed by atoms with Gasteiger partial charge in [0.25, 0.3) is 0 Å². The van der Waals surface area contributed by atoms with Crippen LogP contribution in [0.2, 0.25) is 5.02 Å². The summed E-state index contributed by atoms with van der Waals surface area (Å²) in [6, 6.07) is 9.57. The Morgan fingerprint density at radius 1 is 1.23 bits per heavy atom. The van der Waals surface area contributed by atoms with Crippen LogP contribution in [0.25, 0.3) is 0 Å². The fourth-order valence-electron chi connectivity index (χ4n) is 3.70. The molecule has 2 amide bonds. The second-order valence-electron chi connectivity index (χ2n) is 8.06. The van der Waals surface area contributed by atoms with E-state index in [1.807, 2.05) is 11.8 Å². The summed E-state index contributed by atoms with van der Waals surface area (Å²) in [6.45, 7) is 7.81. The van der Waals surface area contributed by atoms with Crippen LogP contribution in [-0.4, -0.2) is 41.3 Å². The van der Waals surface area contributed by atoms with E-state index in [1.54, 1.807) is 12.1 Å². The summed E-state index contributed by atoms with van der Waals surface area (Å²) in [5, 5.41) is 6.44. The predicted octanol–water partition coefficient (Wildman–Crippen LogP) is 3.88. The van der Waals surface area contributed by atoms with Gasteiger partial charge in [0, 0.05) is 12.7 Å². The summed E-state index contributed by atoms with van der Waals surface area (Å²) < 4.78 is 0. The third kappa shape index (κ3) is 6.03. The maximum absolute atomic E-state index is 12.6. The number of nitrogens with zero attached hydrogens (tertiary/aromatic N) is 2. The highest BCUT2D eigenvalue weighted by Gasteiger charge is 2.27. The number of likely N-dealkylation sites (tertiary alicyclic amines) is 1. The van der Waals surface area contributed by atoms with Gasteiger partial charge in [-0.15, -0.1) is 0 Å². The molecule has 30 heavy (non-hydrogen) atoms. The minimum atomic E-state index is -0.166. The highest BCUT2D eigenvalue weighted by molar-refractivity contribution is 6.30. The van der Waals surface area contributed by atoms with Gasteiger partial charge < -0.3 is 10.6 Å². The Bertz CT molecular complexity index is 901. The van der Waals surface area contributed by atoms with Gasteiger partial charge in [0.1, 0.15) is 5.82 Å². The Balaban J connectivity index is 1.51. The number of rotatable bonds is 6. The maximum atomic E-state index is 12.6. The van der Waals surface area contributed by atoms with Crippen molar-refractivity contribution in [3.8, 4) is 0 Å². The molecule has 1 aromatic carbocycles. The molecule has 2 unspecified atom stereocenters. The van der Waals surface area contributed by atoms with Crippen molar-refractivity contribution in [1.29, 1.82) is 0 Å². The van der Waals surface area contributed by atoms with Crippen LogP contribution in [-0.2, 0) is 9.59 Å². The van der Waals surface area contributed by atoms with Crippen LogP contribution in [0.15, 0.2) is 36.5 Å². The van der Waals surface area contributed by atoms with Crippen LogP contribution in [0.1, 0.15) is 42.5 Å². The number of nitrogens with one attached hydrogen (secondary N) is 2. The molecular weight excluding hydrogens is 400 g/mol. The predicted molar refractivity (Wildman–Crippen MR) is 120 cm³/mol. The van der Waals surface area contributed by atoms with E-state index in [2.05, 4.69) is 47.7 Å². The van der Waals surface area contributed by atoms with Crippen molar-refractivity contribution < 1.29 is 9.59 Å². The van der Waals surface area contributed by atoms with Crippen LogP contribution in [0.4, 0.5) is 5.82 Å². The molecule has 1 saturated heterocycles. The minimum Gasteiger partial charge on any atom is -0.348 e. The first kappa shape index (κ1) is 22.2. The van der Waals surface area contributed by atoms with E-state index in [0.717, 1.165) is 24.9 Å². The molecular formula is C23H29ClN4O2. The first-order chi connectivity index (χ1) is 14.3. The molecule has 6 nitrogen and oxygen atoms in total. The molecule has 0 aliphatic carbocycles. The Morgan fingerprint density at radius 3 is 2.73 bits per heavy atom. The standard InChI is InChI=1S/C23H29ClN4O2/c1-15-6-7-18(11-16(15)2)17(3)26-22(29)14-28-10-4-5-19(13-28)23(30)27-21-9-8-20(24)12-25-21/h6-9,11-12,17,19H,4-5,10,13-14H2,1-3H3,(H,26,29)(H,25,27,30). The molecule has 2 atom stereocenters. The van der Waals surface area contributed by atoms with Crippen LogP contribution >= 0.6 is 11.6 Å². The fraction of sp³-hybridized carbons (Fsp3) is 0.435. The summed E-state index contributed by atoms with van der Waals surface area (Å²) in [5.74, 6) is 0.224. The Morgan fingerprint density at radius 2 is 2.03 bits per heavy atom. The van der Waals surface area contributed by atoms with Gasteiger partial charge in [-0.1, -0.05) is 29.8 Å². The zero-order valence-corrected chi connectivity index (χ0v) is 18.5. The summed E-state index contributed by atoms with van der Waals surface area (Å²) in [5.41, 5.74) is 3.55. The maximum Gasteiger partial charge on any atom is 0.234 e. The van der Waals surface area contributed by atoms with Crippen LogP contribution in [0, 0.1) is 19.8 Å². The lowest BCUT2D eigenvalue weighted by Gasteiger charge is -2.31. The van der Waals surface area contributed by atoms with Gasteiger partial charge >= 0.3 is 0 Å². The number of hydrogen-bond donors (Lipinski definition) is 2. The van der Waals surface area contributed by atoms with Crippen LogP contribution in [0.5, 0.6) is 0 Å². The van der Waals surface area contributed by atoms with Crippen molar-refractivity contribution in [1.82, 2.24) is 15.2 Å². The van der Waals surface area contributed by atoms with E-state index < -0.39 is 0 Å². The quantitative estimate of drug-likeness (QED) is 0.732. The second-order valence-corrected chi connectivity index (χ2v) is 8.49. The first-order valence-electron chi connectivity index (χ1n) is 10.3. The van der Waals surface area contributed by atoms with E-state index in [9.17, 15) is 9.59 Å². The number of carbonyl (C=O) groups excluding carboxylic acids is 2. The number of anilines is 1. The van der Waals surface area contributed by atoms with Crippen molar-refractivity contribution in [2.45, 2.75) is 39.7 Å². The molecule has 0 radical (unpaired) electrons. The molecule has 2 heterocycles. The van der Waals surface area contributed by atoms with Crippen LogP contribution in [0.3, 0.4) is 0 Å². The lowest BCUT2D eigenvalue weighted by molar-refractivity contribution is -0.126. The number of aromatic nitrogens is 1. The number of halogens is 1. The molecule has 0 bridgehead atoms. The largest absolute Gasteiger partial charge is 0.348 e. The number of amides is 2. The molecule has 160 valence electrons. The van der Waals surface area contributed by atoms with Gasteiger partial charge in [0.2, 0.25) is 11.8 Å². The Labute approximate surface area is 183 Å². The number of piperidine rings is 1. The molecule has 7 heteroatoms. The average Bonchev–Trinajstić information content (AvgIpc) is 2.71. The fourth-order valence-corrected chi connectivity index (χ4v) is 3.81. The van der Waals surface area contributed by atoms with Crippen molar-refractivity contribution >= 4 is 29.2 Å².